The van der Waals surface area contributed by atoms with Crippen molar-refractivity contribution < 1.29 is 23.9 Å². The first-order chi connectivity index (χ1) is 16.5. The predicted molar refractivity (Wildman–Crippen MR) is 135 cm³/mol. The Labute approximate surface area is 205 Å². The second-order valence-corrected chi connectivity index (χ2v) is 9.45. The van der Waals surface area contributed by atoms with Crippen LogP contribution in [0.2, 0.25) is 0 Å². The second kappa shape index (κ2) is 10.7. The molecule has 0 atom stereocenters. The first-order valence-corrected chi connectivity index (χ1v) is 12.2. The Morgan fingerprint density at radius 1 is 1.09 bits per heavy atom. The van der Waals surface area contributed by atoms with Crippen LogP contribution in [-0.2, 0) is 9.59 Å². The molecule has 4 rings (SSSR count). The van der Waals surface area contributed by atoms with Crippen LogP contribution in [0, 0.1) is 0 Å². The lowest BCUT2D eigenvalue weighted by molar-refractivity contribution is -0.127. The summed E-state index contributed by atoms with van der Waals surface area (Å²) in [6, 6.07) is 19.8. The topological polar surface area (TPSA) is 98.9 Å². The van der Waals surface area contributed by atoms with Crippen molar-refractivity contribution in [2.75, 3.05) is 26.0 Å². The third-order valence-electron chi connectivity index (χ3n) is 5.02. The number of benzene rings is 3. The van der Waals surface area contributed by atoms with Gasteiger partial charge in [0.05, 0.1) is 18.6 Å². The largest absolute Gasteiger partial charge is 0.493 e. The fourth-order valence-corrected chi connectivity index (χ4v) is 5.20. The Bertz CT molecular complexity index is 1290. The SMILES string of the molecule is COc1cc(/C=C2\SC(=O)N(CC(N)=O)C2=O)ccc1OCCSc1cccc2ccccc12. The number of nitrogens with zero attached hydrogens (tertiary/aromatic N) is 1. The Kier molecular flexibility index (Phi) is 7.44. The minimum Gasteiger partial charge on any atom is -0.493 e. The first-order valence-electron chi connectivity index (χ1n) is 10.4. The van der Waals surface area contributed by atoms with Crippen LogP contribution in [0.4, 0.5) is 4.79 Å². The molecule has 0 saturated carbocycles. The monoisotopic (exact) mass is 494 g/mol. The summed E-state index contributed by atoms with van der Waals surface area (Å²) in [6.45, 7) is 0.0461. The van der Waals surface area contributed by atoms with Crippen LogP contribution in [0.25, 0.3) is 16.8 Å². The van der Waals surface area contributed by atoms with Gasteiger partial charge in [-0.1, -0.05) is 42.5 Å². The Hall–Kier alpha value is -3.43. The molecule has 34 heavy (non-hydrogen) atoms. The highest BCUT2D eigenvalue weighted by Gasteiger charge is 2.35. The number of amides is 3. The number of ether oxygens (including phenoxy) is 2. The van der Waals surface area contributed by atoms with Crippen LogP contribution in [0.5, 0.6) is 11.5 Å². The molecule has 174 valence electrons. The van der Waals surface area contributed by atoms with Gasteiger partial charge in [-0.05, 0) is 52.4 Å². The number of primary amides is 1. The molecule has 1 aliphatic rings. The molecule has 0 aliphatic carbocycles. The number of rotatable bonds is 9. The first kappa shape index (κ1) is 23.7. The van der Waals surface area contributed by atoms with E-state index >= 15 is 0 Å². The van der Waals surface area contributed by atoms with Crippen LogP contribution in [0.1, 0.15) is 5.56 Å². The molecule has 3 amide bonds. The number of hydrogen-bond acceptors (Lipinski definition) is 7. The highest BCUT2D eigenvalue weighted by atomic mass is 32.2. The lowest BCUT2D eigenvalue weighted by Gasteiger charge is -2.12. The molecule has 3 aromatic carbocycles. The van der Waals surface area contributed by atoms with Gasteiger partial charge in [0.2, 0.25) is 5.91 Å². The van der Waals surface area contributed by atoms with Crippen molar-refractivity contribution in [2.24, 2.45) is 5.73 Å². The van der Waals surface area contributed by atoms with Gasteiger partial charge < -0.3 is 15.2 Å². The van der Waals surface area contributed by atoms with Crippen molar-refractivity contribution in [2.45, 2.75) is 4.90 Å². The van der Waals surface area contributed by atoms with E-state index in [1.807, 2.05) is 12.1 Å². The Morgan fingerprint density at radius 3 is 2.68 bits per heavy atom. The van der Waals surface area contributed by atoms with E-state index in [2.05, 4.69) is 30.3 Å². The van der Waals surface area contributed by atoms with Crippen LogP contribution in [0.15, 0.2) is 70.5 Å². The lowest BCUT2D eigenvalue weighted by Crippen LogP contribution is -2.36. The number of imide groups is 1. The molecule has 0 radical (unpaired) electrons. The van der Waals surface area contributed by atoms with Crippen LogP contribution < -0.4 is 15.2 Å². The fraction of sp³-hybridized carbons (Fsp3) is 0.160. The van der Waals surface area contributed by atoms with Gasteiger partial charge in [-0.3, -0.25) is 19.3 Å². The highest BCUT2D eigenvalue weighted by molar-refractivity contribution is 8.18. The highest BCUT2D eigenvalue weighted by Crippen LogP contribution is 2.35. The van der Waals surface area contributed by atoms with Gasteiger partial charge in [-0.15, -0.1) is 11.8 Å². The quantitative estimate of drug-likeness (QED) is 0.265. The maximum atomic E-state index is 12.4. The molecular formula is C25H22N2O5S2. The zero-order valence-electron chi connectivity index (χ0n) is 18.4. The second-order valence-electron chi connectivity index (χ2n) is 7.32. The van der Waals surface area contributed by atoms with Crippen molar-refractivity contribution in [1.29, 1.82) is 0 Å². The number of fused-ring (bicyclic) bond motifs is 1. The maximum Gasteiger partial charge on any atom is 0.294 e. The van der Waals surface area contributed by atoms with Crippen molar-refractivity contribution in [1.82, 2.24) is 4.90 Å². The summed E-state index contributed by atoms with van der Waals surface area (Å²) < 4.78 is 11.4. The van der Waals surface area contributed by atoms with E-state index in [-0.39, 0.29) is 4.91 Å². The van der Waals surface area contributed by atoms with Crippen LogP contribution >= 0.6 is 23.5 Å². The Morgan fingerprint density at radius 2 is 1.88 bits per heavy atom. The number of hydrogen-bond donors (Lipinski definition) is 1. The minimum absolute atomic E-state index is 0.216. The molecule has 3 aromatic rings. The van der Waals surface area contributed by atoms with Gasteiger partial charge in [0.1, 0.15) is 6.54 Å². The summed E-state index contributed by atoms with van der Waals surface area (Å²) in [5.74, 6) is 0.565. The summed E-state index contributed by atoms with van der Waals surface area (Å²) in [7, 11) is 1.54. The van der Waals surface area contributed by atoms with Gasteiger partial charge in [0, 0.05) is 10.6 Å². The van der Waals surface area contributed by atoms with E-state index in [0.29, 0.717) is 23.7 Å². The molecule has 1 heterocycles. The molecule has 1 saturated heterocycles. The van der Waals surface area contributed by atoms with Gasteiger partial charge >= 0.3 is 0 Å². The van der Waals surface area contributed by atoms with E-state index in [1.165, 1.54) is 22.8 Å². The molecule has 1 aliphatic heterocycles. The minimum atomic E-state index is -0.745. The lowest BCUT2D eigenvalue weighted by atomic mass is 10.1. The van der Waals surface area contributed by atoms with E-state index in [0.717, 1.165) is 22.4 Å². The van der Waals surface area contributed by atoms with Crippen LogP contribution in [-0.4, -0.2) is 48.0 Å². The molecule has 0 unspecified atom stereocenters. The van der Waals surface area contributed by atoms with Crippen molar-refractivity contribution in [3.63, 3.8) is 0 Å². The number of carbonyl (C=O) groups excluding carboxylic acids is 3. The van der Waals surface area contributed by atoms with Gasteiger partial charge in [-0.2, -0.15) is 0 Å². The normalized spacial score (nSPS) is 14.7. The molecule has 7 nitrogen and oxygen atoms in total. The Balaban J connectivity index is 1.39. The average molecular weight is 495 g/mol. The number of carbonyl (C=O) groups is 3. The van der Waals surface area contributed by atoms with Crippen molar-refractivity contribution in [3.8, 4) is 11.5 Å². The summed E-state index contributed by atoms with van der Waals surface area (Å²) >= 11 is 2.49. The molecule has 2 N–H and O–H groups in total. The summed E-state index contributed by atoms with van der Waals surface area (Å²) in [4.78, 5) is 37.7. The number of methoxy groups -OCH3 is 1. The van der Waals surface area contributed by atoms with Crippen LogP contribution in [0.3, 0.4) is 0 Å². The summed E-state index contributed by atoms with van der Waals surface area (Å²) in [5.41, 5.74) is 5.78. The van der Waals surface area contributed by atoms with Gasteiger partial charge in [-0.25, -0.2) is 0 Å². The summed E-state index contributed by atoms with van der Waals surface area (Å²) in [6.07, 6.45) is 1.58. The predicted octanol–water partition coefficient (Wildman–Crippen LogP) is 4.54. The van der Waals surface area contributed by atoms with E-state index in [9.17, 15) is 14.4 Å². The maximum absolute atomic E-state index is 12.4. The molecular weight excluding hydrogens is 472 g/mol. The molecule has 1 fully saturated rings. The standard InChI is InChI=1S/C25H22N2O5S2/c1-31-20-13-16(14-22-24(29)27(15-23(26)28)25(30)34-22)9-10-19(20)32-11-12-33-21-8-4-6-17-5-2-3-7-18(17)21/h2-10,13-14H,11-12,15H2,1H3,(H2,26,28)/b22-14-. The smallest absolute Gasteiger partial charge is 0.294 e. The molecule has 0 bridgehead atoms. The van der Waals surface area contributed by atoms with E-state index < -0.39 is 23.6 Å². The fourth-order valence-electron chi connectivity index (χ4n) is 3.46. The molecule has 0 spiro atoms. The van der Waals surface area contributed by atoms with Gasteiger partial charge in [0.15, 0.2) is 11.5 Å². The van der Waals surface area contributed by atoms with Gasteiger partial charge in [0.25, 0.3) is 11.1 Å². The third kappa shape index (κ3) is 5.37. The van der Waals surface area contributed by atoms with E-state index in [4.69, 9.17) is 15.2 Å². The molecule has 0 aromatic heterocycles. The third-order valence-corrected chi connectivity index (χ3v) is 6.97. The van der Waals surface area contributed by atoms with Crippen molar-refractivity contribution in [3.05, 3.63) is 71.1 Å². The van der Waals surface area contributed by atoms with E-state index in [1.54, 1.807) is 36.0 Å². The zero-order valence-corrected chi connectivity index (χ0v) is 20.0. The van der Waals surface area contributed by atoms with Crippen molar-refractivity contribution >= 4 is 57.4 Å². The molecule has 9 heteroatoms. The zero-order chi connectivity index (χ0) is 24.1. The summed E-state index contributed by atoms with van der Waals surface area (Å²) in [5, 5.41) is 1.90. The number of thioether (sulfide) groups is 2. The number of nitrogens with two attached hydrogens (primary N) is 1. The average Bonchev–Trinajstić information content (AvgIpc) is 3.09.